The Morgan fingerprint density at radius 3 is 2.57 bits per heavy atom. The first kappa shape index (κ1) is 14.5. The van der Waals surface area contributed by atoms with Crippen LogP contribution in [-0.2, 0) is 4.74 Å². The van der Waals surface area contributed by atoms with Gasteiger partial charge in [0.1, 0.15) is 6.10 Å². The molecule has 21 heavy (non-hydrogen) atoms. The summed E-state index contributed by atoms with van der Waals surface area (Å²) in [5, 5.41) is 7.99. The number of carbonyl (C=O) groups excluding carboxylic acids is 1. The third-order valence-corrected chi connectivity index (χ3v) is 6.28. The van der Waals surface area contributed by atoms with Crippen LogP contribution in [0.5, 0.6) is 0 Å². The summed E-state index contributed by atoms with van der Waals surface area (Å²) < 4.78 is 5.90. The molecule has 1 heterocycles. The second-order valence-corrected chi connectivity index (χ2v) is 7.49. The quantitative estimate of drug-likeness (QED) is 0.782. The third-order valence-electron chi connectivity index (χ3n) is 6.28. The molecule has 0 amide bonds. The molecule has 1 aromatic heterocycles. The van der Waals surface area contributed by atoms with Crippen LogP contribution in [0.15, 0.2) is 6.07 Å². The summed E-state index contributed by atoms with van der Waals surface area (Å²) in [7, 11) is 0. The highest BCUT2D eigenvalue weighted by Crippen LogP contribution is 2.66. The normalized spacial score (nSPS) is 33.2. The molecule has 2 fully saturated rings. The van der Waals surface area contributed by atoms with Crippen molar-refractivity contribution in [1.82, 2.24) is 10.2 Å². The summed E-state index contributed by atoms with van der Waals surface area (Å²) in [6.45, 7) is 10.6. The van der Waals surface area contributed by atoms with E-state index in [-0.39, 0.29) is 22.9 Å². The number of hydrogen-bond acceptors (Lipinski definition) is 4. The van der Waals surface area contributed by atoms with E-state index >= 15 is 0 Å². The molecule has 2 bridgehead atoms. The van der Waals surface area contributed by atoms with Crippen LogP contribution in [0.3, 0.4) is 0 Å². The number of carbonyl (C=O) groups is 1. The predicted molar refractivity (Wildman–Crippen MR) is 79.9 cm³/mol. The number of aryl methyl sites for hydroxylation is 2. The zero-order valence-corrected chi connectivity index (χ0v) is 13.6. The second kappa shape index (κ2) is 4.52. The van der Waals surface area contributed by atoms with Gasteiger partial charge < -0.3 is 4.74 Å². The second-order valence-electron chi connectivity index (χ2n) is 7.49. The Morgan fingerprint density at radius 2 is 2.00 bits per heavy atom. The van der Waals surface area contributed by atoms with Gasteiger partial charge in [0, 0.05) is 5.41 Å². The van der Waals surface area contributed by atoms with Crippen molar-refractivity contribution in [2.75, 3.05) is 0 Å². The number of rotatable bonds is 2. The molecule has 3 unspecified atom stereocenters. The van der Waals surface area contributed by atoms with Gasteiger partial charge in [-0.2, -0.15) is 10.2 Å². The van der Waals surface area contributed by atoms with E-state index in [2.05, 4.69) is 31.0 Å². The monoisotopic (exact) mass is 288 g/mol. The fraction of sp³-hybridized carbons (Fsp3) is 0.706. The van der Waals surface area contributed by atoms with Crippen LogP contribution in [0.25, 0.3) is 0 Å². The number of esters is 1. The van der Waals surface area contributed by atoms with Gasteiger partial charge in [-0.05, 0) is 50.5 Å². The lowest BCUT2D eigenvalue weighted by Crippen LogP contribution is -2.38. The minimum Gasteiger partial charge on any atom is -0.458 e. The van der Waals surface area contributed by atoms with Gasteiger partial charge in [0.2, 0.25) is 0 Å². The zero-order chi connectivity index (χ0) is 15.4. The summed E-state index contributed by atoms with van der Waals surface area (Å²) in [5.41, 5.74) is 2.27. The minimum absolute atomic E-state index is 0.0200. The molecule has 0 spiro atoms. The first-order valence-electron chi connectivity index (χ1n) is 7.77. The lowest BCUT2D eigenvalue weighted by Gasteiger charge is -2.38. The molecular weight excluding hydrogens is 264 g/mol. The van der Waals surface area contributed by atoms with Crippen molar-refractivity contribution >= 4 is 5.97 Å². The van der Waals surface area contributed by atoms with Crippen molar-refractivity contribution < 1.29 is 9.53 Å². The number of aromatic nitrogens is 2. The number of fused-ring (bicyclic) bond motifs is 2. The van der Waals surface area contributed by atoms with E-state index in [0.29, 0.717) is 17.2 Å². The van der Waals surface area contributed by atoms with Crippen LogP contribution in [0.2, 0.25) is 0 Å². The molecule has 0 N–H and O–H groups in total. The van der Waals surface area contributed by atoms with Crippen LogP contribution in [0.1, 0.15) is 61.8 Å². The van der Waals surface area contributed by atoms with Gasteiger partial charge >= 0.3 is 5.97 Å². The topological polar surface area (TPSA) is 52.1 Å². The molecular formula is C17H24N2O2. The Balaban J connectivity index is 1.82. The van der Waals surface area contributed by atoms with E-state index in [9.17, 15) is 4.79 Å². The van der Waals surface area contributed by atoms with Crippen LogP contribution < -0.4 is 0 Å². The minimum atomic E-state index is -0.250. The molecule has 4 heteroatoms. The average Bonchev–Trinajstić information content (AvgIpc) is 2.74. The fourth-order valence-corrected chi connectivity index (χ4v) is 4.26. The van der Waals surface area contributed by atoms with Crippen LogP contribution in [0.4, 0.5) is 0 Å². The van der Waals surface area contributed by atoms with E-state index < -0.39 is 0 Å². The Labute approximate surface area is 126 Å². The summed E-state index contributed by atoms with van der Waals surface area (Å²) in [5.74, 6) is 0.416. The van der Waals surface area contributed by atoms with E-state index in [1.54, 1.807) is 13.0 Å². The zero-order valence-electron chi connectivity index (χ0n) is 13.6. The van der Waals surface area contributed by atoms with Gasteiger partial charge in [0.15, 0.2) is 0 Å². The third kappa shape index (κ3) is 1.99. The van der Waals surface area contributed by atoms with Crippen molar-refractivity contribution in [3.05, 3.63) is 23.0 Å². The van der Waals surface area contributed by atoms with Gasteiger partial charge in [0.25, 0.3) is 0 Å². The highest BCUT2D eigenvalue weighted by Gasteiger charge is 2.62. The highest BCUT2D eigenvalue weighted by atomic mass is 16.5. The lowest BCUT2D eigenvalue weighted by molar-refractivity contribution is -0.0243. The van der Waals surface area contributed by atoms with Crippen LogP contribution in [0, 0.1) is 30.6 Å². The van der Waals surface area contributed by atoms with Crippen molar-refractivity contribution in [2.24, 2.45) is 16.7 Å². The van der Waals surface area contributed by atoms with Gasteiger partial charge in [-0.25, -0.2) is 4.79 Å². The maximum absolute atomic E-state index is 12.5. The molecule has 2 aliphatic carbocycles. The van der Waals surface area contributed by atoms with Crippen molar-refractivity contribution in [1.29, 1.82) is 0 Å². The maximum Gasteiger partial charge on any atom is 0.340 e. The van der Waals surface area contributed by atoms with Gasteiger partial charge in [-0.15, -0.1) is 0 Å². The lowest BCUT2D eigenvalue weighted by atomic mass is 9.70. The average molecular weight is 288 g/mol. The highest BCUT2D eigenvalue weighted by molar-refractivity contribution is 5.90. The molecule has 0 aromatic carbocycles. The van der Waals surface area contributed by atoms with E-state index in [1.807, 2.05) is 6.92 Å². The van der Waals surface area contributed by atoms with Crippen LogP contribution >= 0.6 is 0 Å². The molecule has 0 aliphatic heterocycles. The molecule has 3 rings (SSSR count). The standard InChI is InChI=1S/C17H24N2O2/c1-10-8-13(11(2)19-18-10)15(20)21-14-9-12-6-7-17(14,5)16(12,3)4/h8,12,14H,6-7,9H2,1-5H3. The first-order chi connectivity index (χ1) is 9.75. The maximum atomic E-state index is 12.5. The number of hydrogen-bond donors (Lipinski definition) is 0. The van der Waals surface area contributed by atoms with Gasteiger partial charge in [-0.1, -0.05) is 20.8 Å². The Kier molecular flexibility index (Phi) is 3.12. The van der Waals surface area contributed by atoms with E-state index in [4.69, 9.17) is 4.74 Å². The van der Waals surface area contributed by atoms with E-state index in [0.717, 1.165) is 18.5 Å². The SMILES string of the molecule is Cc1cc(C(=O)OC2CC3CCC2(C)C3(C)C)c(C)nn1. The Hall–Kier alpha value is -1.45. The molecule has 2 aliphatic rings. The molecule has 1 aromatic rings. The largest absolute Gasteiger partial charge is 0.458 e. The number of ether oxygens (including phenoxy) is 1. The summed E-state index contributed by atoms with van der Waals surface area (Å²) in [6.07, 6.45) is 3.42. The summed E-state index contributed by atoms with van der Waals surface area (Å²) >= 11 is 0. The van der Waals surface area contributed by atoms with E-state index in [1.165, 1.54) is 6.42 Å². The molecule has 4 nitrogen and oxygen atoms in total. The van der Waals surface area contributed by atoms with Gasteiger partial charge in [0.05, 0.1) is 17.0 Å². The molecule has 3 atom stereocenters. The summed E-state index contributed by atoms with van der Waals surface area (Å²) in [6, 6.07) is 1.77. The first-order valence-corrected chi connectivity index (χ1v) is 7.77. The van der Waals surface area contributed by atoms with Gasteiger partial charge in [-0.3, -0.25) is 0 Å². The molecule has 2 saturated carbocycles. The smallest absolute Gasteiger partial charge is 0.340 e. The Bertz CT molecular complexity index is 596. The van der Waals surface area contributed by atoms with Crippen molar-refractivity contribution in [3.8, 4) is 0 Å². The van der Waals surface area contributed by atoms with Crippen LogP contribution in [-0.4, -0.2) is 22.3 Å². The summed E-state index contributed by atoms with van der Waals surface area (Å²) in [4.78, 5) is 12.5. The predicted octanol–water partition coefficient (Wildman–Crippen LogP) is 3.47. The fourth-order valence-electron chi connectivity index (χ4n) is 4.26. The molecule has 0 radical (unpaired) electrons. The molecule has 114 valence electrons. The van der Waals surface area contributed by atoms with Crippen molar-refractivity contribution in [3.63, 3.8) is 0 Å². The number of nitrogens with zero attached hydrogens (tertiary/aromatic N) is 2. The van der Waals surface area contributed by atoms with Crippen molar-refractivity contribution in [2.45, 2.75) is 60.0 Å². The Morgan fingerprint density at radius 1 is 1.29 bits per heavy atom. The molecule has 0 saturated heterocycles.